The van der Waals surface area contributed by atoms with Crippen molar-refractivity contribution >= 4 is 11.6 Å². The molecule has 0 spiro atoms. The topological polar surface area (TPSA) is 47.0 Å². The van der Waals surface area contributed by atoms with Crippen LogP contribution in [0.2, 0.25) is 5.02 Å². The molecule has 1 aromatic heterocycles. The third kappa shape index (κ3) is 4.99. The first-order chi connectivity index (χ1) is 9.96. The first kappa shape index (κ1) is 15.7. The molecule has 1 aromatic carbocycles. The quantitative estimate of drug-likeness (QED) is 0.917. The van der Waals surface area contributed by atoms with Crippen LogP contribution in [0, 0.1) is 0 Å². The summed E-state index contributed by atoms with van der Waals surface area (Å²) in [7, 11) is 0. The lowest BCUT2D eigenvalue weighted by atomic mass is 10.1. The summed E-state index contributed by atoms with van der Waals surface area (Å²) < 4.78 is 5.82. The fourth-order valence-corrected chi connectivity index (χ4v) is 1.98. The van der Waals surface area contributed by atoms with E-state index in [0.717, 1.165) is 11.3 Å². The van der Waals surface area contributed by atoms with Gasteiger partial charge in [0.2, 0.25) is 0 Å². The maximum Gasteiger partial charge on any atom is 0.166 e. The van der Waals surface area contributed by atoms with E-state index in [9.17, 15) is 0 Å². The molecule has 1 heterocycles. The van der Waals surface area contributed by atoms with Gasteiger partial charge in [-0.25, -0.2) is 9.97 Å². The zero-order valence-corrected chi connectivity index (χ0v) is 13.3. The lowest BCUT2D eigenvalue weighted by molar-refractivity contribution is 0.290. The fraction of sp³-hybridized carbons (Fsp3) is 0.375. The molecule has 112 valence electrons. The van der Waals surface area contributed by atoms with Gasteiger partial charge in [0.15, 0.2) is 5.82 Å². The van der Waals surface area contributed by atoms with Crippen LogP contribution >= 0.6 is 11.6 Å². The van der Waals surface area contributed by atoms with Crippen molar-refractivity contribution < 1.29 is 4.74 Å². The lowest BCUT2D eigenvalue weighted by Crippen LogP contribution is -2.35. The molecule has 5 heteroatoms. The van der Waals surface area contributed by atoms with Gasteiger partial charge in [0, 0.05) is 35.1 Å². The largest absolute Gasteiger partial charge is 0.485 e. The van der Waals surface area contributed by atoms with E-state index in [2.05, 4.69) is 36.1 Å². The zero-order chi connectivity index (χ0) is 15.3. The summed E-state index contributed by atoms with van der Waals surface area (Å²) in [5, 5.41) is 4.11. The Balaban J connectivity index is 2.10. The summed E-state index contributed by atoms with van der Waals surface area (Å²) in [6.45, 7) is 7.31. The molecule has 1 N–H and O–H groups in total. The number of rotatable bonds is 5. The molecular formula is C16H20ClN3O. The molecule has 0 atom stereocenters. The average Bonchev–Trinajstić information content (AvgIpc) is 2.44. The van der Waals surface area contributed by atoms with Crippen LogP contribution in [-0.2, 0) is 13.2 Å². The van der Waals surface area contributed by atoms with Crippen molar-refractivity contribution in [1.29, 1.82) is 0 Å². The molecule has 0 aliphatic heterocycles. The van der Waals surface area contributed by atoms with Gasteiger partial charge in [-0.05, 0) is 39.0 Å². The molecule has 0 fully saturated rings. The number of ether oxygens (including phenoxy) is 1. The number of hydrogen-bond acceptors (Lipinski definition) is 4. The molecule has 4 nitrogen and oxygen atoms in total. The van der Waals surface area contributed by atoms with E-state index in [1.54, 1.807) is 18.5 Å². The average molecular weight is 306 g/mol. The summed E-state index contributed by atoms with van der Waals surface area (Å²) in [6.07, 6.45) is 3.40. The molecule has 0 aliphatic rings. The minimum Gasteiger partial charge on any atom is -0.485 e. The SMILES string of the molecule is CC(C)(C)NCc1c(Cl)cccc1OCc1ncccn1. The highest BCUT2D eigenvalue weighted by Gasteiger charge is 2.13. The molecule has 0 amide bonds. The van der Waals surface area contributed by atoms with Crippen LogP contribution in [0.15, 0.2) is 36.7 Å². The van der Waals surface area contributed by atoms with Crippen LogP contribution in [0.4, 0.5) is 0 Å². The monoisotopic (exact) mass is 305 g/mol. The van der Waals surface area contributed by atoms with Gasteiger partial charge < -0.3 is 10.1 Å². The first-order valence-corrected chi connectivity index (χ1v) is 7.24. The summed E-state index contributed by atoms with van der Waals surface area (Å²) in [5.41, 5.74) is 0.962. The lowest BCUT2D eigenvalue weighted by Gasteiger charge is -2.22. The van der Waals surface area contributed by atoms with Gasteiger partial charge in [-0.2, -0.15) is 0 Å². The number of hydrogen-bond donors (Lipinski definition) is 1. The molecule has 0 radical (unpaired) electrons. The smallest absolute Gasteiger partial charge is 0.166 e. The minimum absolute atomic E-state index is 0.0129. The highest BCUT2D eigenvalue weighted by molar-refractivity contribution is 6.31. The first-order valence-electron chi connectivity index (χ1n) is 6.87. The normalized spacial score (nSPS) is 11.4. The Hall–Kier alpha value is -1.65. The maximum absolute atomic E-state index is 6.29. The van der Waals surface area contributed by atoms with Crippen LogP contribution in [0.5, 0.6) is 5.75 Å². The van der Waals surface area contributed by atoms with Crippen LogP contribution in [0.3, 0.4) is 0 Å². The van der Waals surface area contributed by atoms with Gasteiger partial charge in [0.05, 0.1) is 0 Å². The van der Waals surface area contributed by atoms with Gasteiger partial charge in [0.25, 0.3) is 0 Å². The third-order valence-electron chi connectivity index (χ3n) is 2.85. The Bertz CT molecular complexity index is 582. The molecule has 0 unspecified atom stereocenters. The van der Waals surface area contributed by atoms with Crippen molar-refractivity contribution in [2.24, 2.45) is 0 Å². The van der Waals surface area contributed by atoms with Crippen LogP contribution in [-0.4, -0.2) is 15.5 Å². The number of benzene rings is 1. The highest BCUT2D eigenvalue weighted by atomic mass is 35.5. The van der Waals surface area contributed by atoms with Gasteiger partial charge in [-0.3, -0.25) is 0 Å². The summed E-state index contributed by atoms with van der Waals surface area (Å²) in [6, 6.07) is 7.44. The summed E-state index contributed by atoms with van der Waals surface area (Å²) in [5.74, 6) is 1.40. The van der Waals surface area contributed by atoms with Crippen molar-refractivity contribution in [3.8, 4) is 5.75 Å². The number of halogens is 1. The van der Waals surface area contributed by atoms with Crippen molar-refractivity contribution in [2.75, 3.05) is 0 Å². The maximum atomic E-state index is 6.29. The molecular weight excluding hydrogens is 286 g/mol. The second-order valence-corrected chi connectivity index (χ2v) is 6.18. The molecule has 2 aromatic rings. The predicted octanol–water partition coefficient (Wildman–Crippen LogP) is 3.60. The van der Waals surface area contributed by atoms with Gasteiger partial charge in [-0.15, -0.1) is 0 Å². The van der Waals surface area contributed by atoms with E-state index in [0.29, 0.717) is 24.0 Å². The van der Waals surface area contributed by atoms with Gasteiger partial charge in [0.1, 0.15) is 12.4 Å². The number of aromatic nitrogens is 2. The number of nitrogens with one attached hydrogen (secondary N) is 1. The molecule has 0 saturated heterocycles. The van der Waals surface area contributed by atoms with E-state index in [1.807, 2.05) is 18.2 Å². The van der Waals surface area contributed by atoms with E-state index >= 15 is 0 Å². The van der Waals surface area contributed by atoms with Crippen LogP contribution in [0.25, 0.3) is 0 Å². The van der Waals surface area contributed by atoms with Crippen molar-refractivity contribution in [1.82, 2.24) is 15.3 Å². The second-order valence-electron chi connectivity index (χ2n) is 5.77. The van der Waals surface area contributed by atoms with Gasteiger partial charge >= 0.3 is 0 Å². The Morgan fingerprint density at radius 1 is 1.14 bits per heavy atom. The molecule has 2 rings (SSSR count). The van der Waals surface area contributed by atoms with Crippen LogP contribution < -0.4 is 10.1 Å². The zero-order valence-electron chi connectivity index (χ0n) is 12.6. The van der Waals surface area contributed by atoms with Crippen molar-refractivity contribution in [2.45, 2.75) is 39.5 Å². The standard InChI is InChI=1S/C16H20ClN3O/c1-16(2,3)20-10-12-13(17)6-4-7-14(12)21-11-15-18-8-5-9-19-15/h4-9,20H,10-11H2,1-3H3. The third-order valence-corrected chi connectivity index (χ3v) is 3.20. The van der Waals surface area contributed by atoms with Crippen molar-refractivity contribution in [3.05, 3.63) is 53.1 Å². The predicted molar refractivity (Wildman–Crippen MR) is 84.4 cm³/mol. The van der Waals surface area contributed by atoms with E-state index in [-0.39, 0.29) is 5.54 Å². The molecule has 0 bridgehead atoms. The van der Waals surface area contributed by atoms with E-state index < -0.39 is 0 Å². The van der Waals surface area contributed by atoms with E-state index in [1.165, 1.54) is 0 Å². The Kier molecular flexibility index (Phi) is 5.15. The second kappa shape index (κ2) is 6.87. The van der Waals surface area contributed by atoms with Crippen molar-refractivity contribution in [3.63, 3.8) is 0 Å². The molecule has 0 aliphatic carbocycles. The molecule has 0 saturated carbocycles. The number of nitrogens with zero attached hydrogens (tertiary/aromatic N) is 2. The molecule has 21 heavy (non-hydrogen) atoms. The minimum atomic E-state index is 0.0129. The summed E-state index contributed by atoms with van der Waals surface area (Å²) >= 11 is 6.29. The Morgan fingerprint density at radius 2 is 1.86 bits per heavy atom. The van der Waals surface area contributed by atoms with E-state index in [4.69, 9.17) is 16.3 Å². The highest BCUT2D eigenvalue weighted by Crippen LogP contribution is 2.27. The van der Waals surface area contributed by atoms with Gasteiger partial charge in [-0.1, -0.05) is 17.7 Å². The Morgan fingerprint density at radius 3 is 2.52 bits per heavy atom. The summed E-state index contributed by atoms with van der Waals surface area (Å²) in [4.78, 5) is 8.29. The Labute approximate surface area is 130 Å². The van der Waals surface area contributed by atoms with Crippen LogP contribution in [0.1, 0.15) is 32.2 Å². The fourth-order valence-electron chi connectivity index (χ4n) is 1.75.